The Morgan fingerprint density at radius 1 is 1.19 bits per heavy atom. The molecular formula is C15H13ClN2O3. The van der Waals surface area contributed by atoms with Gasteiger partial charge in [0.2, 0.25) is 5.91 Å². The maximum absolute atomic E-state index is 11.9. The van der Waals surface area contributed by atoms with Crippen LogP contribution in [0.3, 0.4) is 0 Å². The molecule has 0 aliphatic heterocycles. The van der Waals surface area contributed by atoms with Crippen molar-refractivity contribution in [3.63, 3.8) is 0 Å². The van der Waals surface area contributed by atoms with Crippen LogP contribution in [0.2, 0.25) is 5.02 Å². The van der Waals surface area contributed by atoms with Gasteiger partial charge in [0.1, 0.15) is 0 Å². The molecule has 0 aliphatic rings. The lowest BCUT2D eigenvalue weighted by Crippen LogP contribution is -2.13. The average molecular weight is 305 g/mol. The fourth-order valence-corrected chi connectivity index (χ4v) is 2.00. The number of halogens is 1. The number of amides is 1. The first-order valence-corrected chi connectivity index (χ1v) is 6.65. The van der Waals surface area contributed by atoms with E-state index < -0.39 is 5.97 Å². The van der Waals surface area contributed by atoms with Crippen LogP contribution in [-0.4, -0.2) is 22.0 Å². The summed E-state index contributed by atoms with van der Waals surface area (Å²) in [6.07, 6.45) is 4.25. The molecule has 0 unspecified atom stereocenters. The van der Waals surface area contributed by atoms with Crippen LogP contribution < -0.4 is 5.32 Å². The number of aromatic carboxylic acids is 1. The van der Waals surface area contributed by atoms with Gasteiger partial charge in [0.15, 0.2) is 0 Å². The Kier molecular flexibility index (Phi) is 4.90. The second-order valence-corrected chi connectivity index (χ2v) is 4.81. The molecule has 6 heteroatoms. The minimum atomic E-state index is -1.06. The molecule has 0 aliphatic carbocycles. The Balaban J connectivity index is 1.95. The molecule has 0 radical (unpaired) electrons. The molecule has 2 aromatic rings. The molecule has 2 rings (SSSR count). The van der Waals surface area contributed by atoms with Crippen LogP contribution in [0.1, 0.15) is 22.3 Å². The Bertz CT molecular complexity index is 659. The van der Waals surface area contributed by atoms with Crippen LogP contribution in [0.15, 0.2) is 42.7 Å². The number of carbonyl (C=O) groups is 2. The summed E-state index contributed by atoms with van der Waals surface area (Å²) in [5.41, 5.74) is 1.50. The number of carboxylic acids is 1. The first-order chi connectivity index (χ1) is 10.1. The second kappa shape index (κ2) is 6.85. The van der Waals surface area contributed by atoms with E-state index in [0.29, 0.717) is 18.5 Å². The highest BCUT2D eigenvalue weighted by atomic mass is 35.5. The lowest BCUT2D eigenvalue weighted by atomic mass is 10.1. The molecular weight excluding hydrogens is 292 g/mol. The molecule has 0 saturated carbocycles. The molecule has 0 atom stereocenters. The maximum Gasteiger partial charge on any atom is 0.335 e. The van der Waals surface area contributed by atoms with Gasteiger partial charge < -0.3 is 10.4 Å². The van der Waals surface area contributed by atoms with Crippen LogP contribution in [0.4, 0.5) is 5.69 Å². The number of anilines is 1. The first-order valence-electron chi connectivity index (χ1n) is 6.28. The summed E-state index contributed by atoms with van der Waals surface area (Å²) >= 11 is 5.95. The van der Waals surface area contributed by atoms with Crippen molar-refractivity contribution in [2.45, 2.75) is 12.8 Å². The zero-order valence-electron chi connectivity index (χ0n) is 11.0. The number of benzene rings is 1. The number of nitrogens with zero attached hydrogens (tertiary/aromatic N) is 1. The van der Waals surface area contributed by atoms with Crippen LogP contribution in [0.25, 0.3) is 0 Å². The molecule has 5 nitrogen and oxygen atoms in total. The van der Waals surface area contributed by atoms with Gasteiger partial charge in [-0.05, 0) is 42.3 Å². The molecule has 108 valence electrons. The summed E-state index contributed by atoms with van der Waals surface area (Å²) in [5, 5.41) is 11.7. The molecule has 0 bridgehead atoms. The van der Waals surface area contributed by atoms with Crippen molar-refractivity contribution in [3.05, 3.63) is 58.9 Å². The summed E-state index contributed by atoms with van der Waals surface area (Å²) in [5.74, 6) is -1.25. The zero-order chi connectivity index (χ0) is 15.2. The van der Waals surface area contributed by atoms with E-state index in [4.69, 9.17) is 16.7 Å². The Morgan fingerprint density at radius 3 is 2.52 bits per heavy atom. The second-order valence-electron chi connectivity index (χ2n) is 4.40. The third kappa shape index (κ3) is 4.29. The molecule has 1 amide bonds. The highest BCUT2D eigenvalue weighted by molar-refractivity contribution is 6.34. The van der Waals surface area contributed by atoms with E-state index in [1.807, 2.05) is 12.1 Å². The lowest BCUT2D eigenvalue weighted by Gasteiger charge is -2.08. The van der Waals surface area contributed by atoms with E-state index in [1.54, 1.807) is 12.4 Å². The Hall–Kier alpha value is -2.40. The van der Waals surface area contributed by atoms with E-state index >= 15 is 0 Å². The summed E-state index contributed by atoms with van der Waals surface area (Å²) in [6, 6.07) is 7.88. The van der Waals surface area contributed by atoms with Crippen LogP contribution in [0.5, 0.6) is 0 Å². The predicted octanol–water partition coefficient (Wildman–Crippen LogP) is 3.00. The number of nitrogens with one attached hydrogen (secondary N) is 1. The van der Waals surface area contributed by atoms with Gasteiger partial charge in [-0.25, -0.2) is 4.79 Å². The van der Waals surface area contributed by atoms with Crippen molar-refractivity contribution in [1.82, 2.24) is 4.98 Å². The molecule has 21 heavy (non-hydrogen) atoms. The predicted molar refractivity (Wildman–Crippen MR) is 79.6 cm³/mol. The monoisotopic (exact) mass is 304 g/mol. The molecule has 1 aromatic carbocycles. The number of hydrogen-bond donors (Lipinski definition) is 2. The van der Waals surface area contributed by atoms with E-state index in [9.17, 15) is 9.59 Å². The van der Waals surface area contributed by atoms with Crippen molar-refractivity contribution in [2.75, 3.05) is 5.32 Å². The summed E-state index contributed by atoms with van der Waals surface area (Å²) < 4.78 is 0. The highest BCUT2D eigenvalue weighted by Gasteiger charge is 2.09. The maximum atomic E-state index is 11.9. The van der Waals surface area contributed by atoms with Gasteiger partial charge in [0, 0.05) is 18.8 Å². The summed E-state index contributed by atoms with van der Waals surface area (Å²) in [7, 11) is 0. The van der Waals surface area contributed by atoms with Gasteiger partial charge in [-0.15, -0.1) is 0 Å². The number of pyridine rings is 1. The van der Waals surface area contributed by atoms with E-state index in [1.165, 1.54) is 18.2 Å². The van der Waals surface area contributed by atoms with Gasteiger partial charge in [0.05, 0.1) is 16.3 Å². The van der Waals surface area contributed by atoms with Gasteiger partial charge in [0.25, 0.3) is 0 Å². The van der Waals surface area contributed by atoms with Crippen molar-refractivity contribution >= 4 is 29.2 Å². The Morgan fingerprint density at radius 2 is 1.90 bits per heavy atom. The van der Waals surface area contributed by atoms with E-state index in [-0.39, 0.29) is 16.5 Å². The minimum absolute atomic E-state index is 0.0785. The number of aryl methyl sites for hydroxylation is 1. The summed E-state index contributed by atoms with van der Waals surface area (Å²) in [4.78, 5) is 26.6. The fourth-order valence-electron chi connectivity index (χ4n) is 1.77. The van der Waals surface area contributed by atoms with E-state index in [0.717, 1.165) is 5.56 Å². The van der Waals surface area contributed by atoms with Gasteiger partial charge in [-0.3, -0.25) is 9.78 Å². The standard InChI is InChI=1S/C15H13ClN2O3/c16-12-9-11(15(20)21)2-3-13(12)18-14(19)4-1-10-5-7-17-8-6-10/h2-3,5-9H,1,4H2,(H,18,19)(H,20,21). The first kappa shape index (κ1) is 15.0. The molecule has 0 spiro atoms. The smallest absolute Gasteiger partial charge is 0.335 e. The normalized spacial score (nSPS) is 10.1. The highest BCUT2D eigenvalue weighted by Crippen LogP contribution is 2.23. The average Bonchev–Trinajstić information content (AvgIpc) is 2.48. The topological polar surface area (TPSA) is 79.3 Å². The molecule has 1 heterocycles. The number of hydrogen-bond acceptors (Lipinski definition) is 3. The SMILES string of the molecule is O=C(CCc1ccncc1)Nc1ccc(C(=O)O)cc1Cl. The molecule has 2 N–H and O–H groups in total. The van der Waals surface area contributed by atoms with Crippen molar-refractivity contribution in [3.8, 4) is 0 Å². The number of carbonyl (C=O) groups excluding carboxylic acids is 1. The lowest BCUT2D eigenvalue weighted by molar-refractivity contribution is -0.116. The van der Waals surface area contributed by atoms with Gasteiger partial charge in [-0.2, -0.15) is 0 Å². The zero-order valence-corrected chi connectivity index (χ0v) is 11.8. The van der Waals surface area contributed by atoms with Crippen molar-refractivity contribution in [2.24, 2.45) is 0 Å². The fraction of sp³-hybridized carbons (Fsp3) is 0.133. The minimum Gasteiger partial charge on any atom is -0.478 e. The van der Waals surface area contributed by atoms with Crippen molar-refractivity contribution in [1.29, 1.82) is 0 Å². The number of carboxylic acid groups (broad SMARTS) is 1. The third-order valence-electron chi connectivity index (χ3n) is 2.88. The van der Waals surface area contributed by atoms with Gasteiger partial charge in [-0.1, -0.05) is 11.6 Å². The number of rotatable bonds is 5. The molecule has 1 aromatic heterocycles. The van der Waals surface area contributed by atoms with Crippen molar-refractivity contribution < 1.29 is 14.7 Å². The van der Waals surface area contributed by atoms with Crippen LogP contribution in [0, 0.1) is 0 Å². The van der Waals surface area contributed by atoms with Gasteiger partial charge >= 0.3 is 5.97 Å². The molecule has 0 fully saturated rings. The Labute approximate surface area is 126 Å². The number of aromatic nitrogens is 1. The quantitative estimate of drug-likeness (QED) is 0.890. The van der Waals surface area contributed by atoms with Crippen LogP contribution in [-0.2, 0) is 11.2 Å². The third-order valence-corrected chi connectivity index (χ3v) is 3.19. The van der Waals surface area contributed by atoms with Crippen LogP contribution >= 0.6 is 11.6 Å². The van der Waals surface area contributed by atoms with E-state index in [2.05, 4.69) is 10.3 Å². The summed E-state index contributed by atoms with van der Waals surface area (Å²) in [6.45, 7) is 0. The largest absolute Gasteiger partial charge is 0.478 e. The molecule has 0 saturated heterocycles.